The molecule has 0 aromatic carbocycles. The lowest BCUT2D eigenvalue weighted by molar-refractivity contribution is -0.00609. The number of aromatic amines is 1. The summed E-state index contributed by atoms with van der Waals surface area (Å²) in [6.45, 7) is 6.97. The molecule has 1 unspecified atom stereocenters. The highest BCUT2D eigenvalue weighted by molar-refractivity contribution is 8.76. The van der Waals surface area contributed by atoms with Gasteiger partial charge in [-0.2, -0.15) is 0 Å². The smallest absolute Gasteiger partial charge is 0.0921 e. The molecule has 4 nitrogen and oxygen atoms in total. The third-order valence-corrected chi connectivity index (χ3v) is 11.3. The fourth-order valence-electron chi connectivity index (χ4n) is 5.74. The number of hydrogen-bond donors (Lipinski definition) is 1. The summed E-state index contributed by atoms with van der Waals surface area (Å²) in [5.41, 5.74) is 1.17. The first-order valence-corrected chi connectivity index (χ1v) is 23.2. The predicted octanol–water partition coefficient (Wildman–Crippen LogP) is 14.5. The second-order valence-corrected chi connectivity index (χ2v) is 16.2. The highest BCUT2D eigenvalue weighted by Crippen LogP contribution is 2.26. The maximum atomic E-state index is 6.34. The standard InChI is InChI=1S/C43H78N2O2S2/c1-3-5-7-9-11-13-15-17-19-21-23-25-27-29-31-33-35-46-38-43(40-49-48-39-42-37-44-41-45-42)47-36-34-32-30-28-26-24-22-20-18-16-14-12-10-8-6-4-2/h11-14,17,19,37,41,43H,3-10,15-16,18,20-36,38-40H2,1-2H3,(H,44,45)/b13-11-,14-12-,19-17-. The quantitative estimate of drug-likeness (QED) is 0.0417. The van der Waals surface area contributed by atoms with Crippen molar-refractivity contribution in [2.45, 2.75) is 193 Å². The first kappa shape index (κ1) is 46.1. The summed E-state index contributed by atoms with van der Waals surface area (Å²) in [6, 6.07) is 0. The van der Waals surface area contributed by atoms with E-state index in [9.17, 15) is 0 Å². The summed E-state index contributed by atoms with van der Waals surface area (Å²) in [6.07, 6.45) is 52.1. The van der Waals surface area contributed by atoms with Crippen LogP contribution < -0.4 is 0 Å². The van der Waals surface area contributed by atoms with Crippen molar-refractivity contribution < 1.29 is 9.47 Å². The van der Waals surface area contributed by atoms with Gasteiger partial charge in [-0.1, -0.05) is 168 Å². The summed E-state index contributed by atoms with van der Waals surface area (Å²) in [5, 5.41) is 0. The lowest BCUT2D eigenvalue weighted by atomic mass is 10.1. The molecule has 1 heterocycles. The number of allylic oxidation sites excluding steroid dienone is 6. The Bertz CT molecular complexity index is 843. The zero-order valence-electron chi connectivity index (χ0n) is 32.2. The number of ether oxygens (including phenoxy) is 2. The zero-order chi connectivity index (χ0) is 35.0. The van der Waals surface area contributed by atoms with Gasteiger partial charge >= 0.3 is 0 Å². The second kappa shape index (κ2) is 39.8. The molecule has 0 bridgehead atoms. The number of hydrogen-bond acceptors (Lipinski definition) is 5. The van der Waals surface area contributed by atoms with E-state index >= 15 is 0 Å². The van der Waals surface area contributed by atoms with Gasteiger partial charge in [0.25, 0.3) is 0 Å². The van der Waals surface area contributed by atoms with Crippen molar-refractivity contribution in [1.29, 1.82) is 0 Å². The maximum Gasteiger partial charge on any atom is 0.0921 e. The van der Waals surface area contributed by atoms with Crippen molar-refractivity contribution in [2.24, 2.45) is 0 Å². The van der Waals surface area contributed by atoms with Crippen LogP contribution in [0.2, 0.25) is 0 Å². The van der Waals surface area contributed by atoms with Crippen molar-refractivity contribution in [3.8, 4) is 0 Å². The summed E-state index contributed by atoms with van der Waals surface area (Å²) in [5.74, 6) is 1.92. The van der Waals surface area contributed by atoms with Gasteiger partial charge in [-0.25, -0.2) is 4.98 Å². The van der Waals surface area contributed by atoms with Gasteiger partial charge in [0.15, 0.2) is 0 Å². The Morgan fingerprint density at radius 1 is 0.592 bits per heavy atom. The van der Waals surface area contributed by atoms with Crippen LogP contribution in [0.1, 0.15) is 186 Å². The second-order valence-electron chi connectivity index (χ2n) is 13.7. The lowest BCUT2D eigenvalue weighted by Gasteiger charge is -2.18. The Morgan fingerprint density at radius 3 is 1.61 bits per heavy atom. The first-order valence-electron chi connectivity index (χ1n) is 20.7. The van der Waals surface area contributed by atoms with Gasteiger partial charge < -0.3 is 14.5 Å². The van der Waals surface area contributed by atoms with Crippen LogP contribution in [0.3, 0.4) is 0 Å². The number of rotatable bonds is 39. The van der Waals surface area contributed by atoms with E-state index in [1.165, 1.54) is 160 Å². The average molecular weight is 719 g/mol. The maximum absolute atomic E-state index is 6.34. The van der Waals surface area contributed by atoms with E-state index in [1.54, 1.807) is 6.33 Å². The molecule has 0 fully saturated rings. The summed E-state index contributed by atoms with van der Waals surface area (Å²) < 4.78 is 12.5. The molecule has 0 spiro atoms. The highest BCUT2D eigenvalue weighted by Gasteiger charge is 2.11. The third kappa shape index (κ3) is 35.2. The predicted molar refractivity (Wildman–Crippen MR) is 222 cm³/mol. The molecule has 1 rings (SSSR count). The monoisotopic (exact) mass is 719 g/mol. The molecule has 0 radical (unpaired) electrons. The van der Waals surface area contributed by atoms with Crippen LogP contribution in [0.4, 0.5) is 0 Å². The third-order valence-electron chi connectivity index (χ3n) is 8.91. The molecule has 0 amide bonds. The van der Waals surface area contributed by atoms with E-state index < -0.39 is 0 Å². The molecular weight excluding hydrogens is 641 g/mol. The lowest BCUT2D eigenvalue weighted by Crippen LogP contribution is -2.23. The molecule has 1 N–H and O–H groups in total. The number of nitrogens with zero attached hydrogens (tertiary/aromatic N) is 1. The molecule has 49 heavy (non-hydrogen) atoms. The van der Waals surface area contributed by atoms with E-state index in [2.05, 4.69) is 60.3 Å². The Hall–Kier alpha value is -0.950. The fourth-order valence-corrected chi connectivity index (χ4v) is 7.93. The summed E-state index contributed by atoms with van der Waals surface area (Å²) in [7, 11) is 3.76. The minimum absolute atomic E-state index is 0.176. The van der Waals surface area contributed by atoms with Crippen molar-refractivity contribution in [2.75, 3.05) is 25.6 Å². The Labute approximate surface area is 312 Å². The van der Waals surface area contributed by atoms with Gasteiger partial charge in [-0.05, 0) is 70.6 Å². The molecule has 0 saturated heterocycles. The number of nitrogens with one attached hydrogen (secondary N) is 1. The van der Waals surface area contributed by atoms with Crippen LogP contribution in [0.25, 0.3) is 0 Å². The molecule has 284 valence electrons. The molecule has 1 aromatic rings. The van der Waals surface area contributed by atoms with Crippen LogP contribution in [0, 0.1) is 0 Å². The molecule has 1 atom stereocenters. The van der Waals surface area contributed by atoms with Crippen LogP contribution in [0.5, 0.6) is 0 Å². The summed E-state index contributed by atoms with van der Waals surface area (Å²) in [4.78, 5) is 7.32. The average Bonchev–Trinajstić information content (AvgIpc) is 3.64. The molecule has 0 aliphatic heterocycles. The molecular formula is C43H78N2O2S2. The van der Waals surface area contributed by atoms with Crippen molar-refractivity contribution in [1.82, 2.24) is 9.97 Å². The van der Waals surface area contributed by atoms with Gasteiger partial charge in [-0.15, -0.1) is 0 Å². The van der Waals surface area contributed by atoms with Crippen LogP contribution >= 0.6 is 21.6 Å². The normalized spacial score (nSPS) is 12.8. The summed E-state index contributed by atoms with van der Waals surface area (Å²) >= 11 is 0. The number of H-pyrrole nitrogens is 1. The topological polar surface area (TPSA) is 47.1 Å². The van der Waals surface area contributed by atoms with Crippen molar-refractivity contribution in [3.05, 3.63) is 54.7 Å². The van der Waals surface area contributed by atoms with Crippen LogP contribution in [-0.4, -0.2) is 41.6 Å². The van der Waals surface area contributed by atoms with Crippen molar-refractivity contribution in [3.63, 3.8) is 0 Å². The van der Waals surface area contributed by atoms with E-state index in [4.69, 9.17) is 9.47 Å². The van der Waals surface area contributed by atoms with E-state index in [-0.39, 0.29) is 6.10 Å². The molecule has 6 heteroatoms. The van der Waals surface area contributed by atoms with E-state index in [1.807, 2.05) is 27.8 Å². The SMILES string of the molecule is CCCCC/C=C\C/C=C\CCCCCCCCOCC(CSSCc1cnc[nH]1)OCCCCCCCCCCC/C=C\CCCCC. The zero-order valence-corrected chi connectivity index (χ0v) is 33.8. The van der Waals surface area contributed by atoms with Gasteiger partial charge in [0.05, 0.1) is 19.0 Å². The van der Waals surface area contributed by atoms with Gasteiger partial charge in [-0.3, -0.25) is 0 Å². The Balaban J connectivity index is 2.03. The Morgan fingerprint density at radius 2 is 1.08 bits per heavy atom. The van der Waals surface area contributed by atoms with E-state index in [0.717, 1.165) is 37.6 Å². The largest absolute Gasteiger partial charge is 0.379 e. The minimum atomic E-state index is 0.176. The van der Waals surface area contributed by atoms with Crippen LogP contribution in [-0.2, 0) is 15.2 Å². The molecule has 1 aromatic heterocycles. The Kier molecular flexibility index (Phi) is 37.4. The van der Waals surface area contributed by atoms with Gasteiger partial charge in [0.1, 0.15) is 0 Å². The van der Waals surface area contributed by atoms with Gasteiger partial charge in [0.2, 0.25) is 0 Å². The minimum Gasteiger partial charge on any atom is -0.379 e. The number of unbranched alkanes of at least 4 members (excludes halogenated alkanes) is 21. The molecule has 0 aliphatic rings. The highest BCUT2D eigenvalue weighted by atomic mass is 33.1. The first-order chi connectivity index (χ1) is 24.4. The number of aromatic nitrogens is 2. The number of imidazole rings is 1. The van der Waals surface area contributed by atoms with Crippen molar-refractivity contribution >= 4 is 21.6 Å². The van der Waals surface area contributed by atoms with E-state index in [0.29, 0.717) is 6.61 Å². The fraction of sp³-hybridized carbons (Fsp3) is 0.791. The van der Waals surface area contributed by atoms with Gasteiger partial charge in [0, 0.05) is 36.6 Å². The van der Waals surface area contributed by atoms with Crippen LogP contribution in [0.15, 0.2) is 49.0 Å². The molecule has 0 aliphatic carbocycles. The molecule has 0 saturated carbocycles.